The van der Waals surface area contributed by atoms with Crippen LogP contribution in [0.5, 0.6) is 0 Å². The minimum Gasteiger partial charge on any atom is -0.370 e. The van der Waals surface area contributed by atoms with Crippen LogP contribution in [0, 0.1) is 0 Å². The highest BCUT2D eigenvalue weighted by atomic mass is 15.2. The van der Waals surface area contributed by atoms with Crippen molar-refractivity contribution in [3.8, 4) is 0 Å². The van der Waals surface area contributed by atoms with Crippen LogP contribution < -0.4 is 4.90 Å². The number of anilines is 1. The second kappa shape index (κ2) is 8.97. The normalized spacial score (nSPS) is 16.1. The van der Waals surface area contributed by atoms with E-state index >= 15 is 0 Å². The summed E-state index contributed by atoms with van der Waals surface area (Å²) in [7, 11) is 4.24. The lowest BCUT2D eigenvalue weighted by atomic mass is 10.1. The van der Waals surface area contributed by atoms with Crippen LogP contribution in [0.1, 0.15) is 29.1 Å². The minimum atomic E-state index is 0.927. The first-order valence-corrected chi connectivity index (χ1v) is 10.2. The van der Waals surface area contributed by atoms with Gasteiger partial charge in [0.15, 0.2) is 0 Å². The molecule has 29 heavy (non-hydrogen) atoms. The quantitative estimate of drug-likeness (QED) is 0.712. The van der Waals surface area contributed by atoms with Gasteiger partial charge < -0.3 is 14.4 Å². The summed E-state index contributed by atoms with van der Waals surface area (Å²) >= 11 is 0. The molecule has 5 nitrogen and oxygen atoms in total. The fourth-order valence-electron chi connectivity index (χ4n) is 3.63. The summed E-state index contributed by atoms with van der Waals surface area (Å²) in [6.45, 7) is 4.54. The molecule has 5 heteroatoms. The lowest BCUT2D eigenvalue weighted by Gasteiger charge is -2.22. The highest BCUT2D eigenvalue weighted by Gasteiger charge is 2.12. The van der Waals surface area contributed by atoms with Crippen molar-refractivity contribution in [1.82, 2.24) is 19.7 Å². The summed E-state index contributed by atoms with van der Waals surface area (Å²) in [4.78, 5) is 4.89. The zero-order valence-electron chi connectivity index (χ0n) is 17.3. The average Bonchev–Trinajstić information content (AvgIpc) is 3.30. The summed E-state index contributed by atoms with van der Waals surface area (Å²) in [5.74, 6) is 0. The van der Waals surface area contributed by atoms with Crippen LogP contribution in [0.25, 0.3) is 24.3 Å². The van der Waals surface area contributed by atoms with Crippen molar-refractivity contribution in [2.45, 2.75) is 6.42 Å². The molecule has 1 N–H and O–H groups in total. The monoisotopic (exact) mass is 387 g/mol. The third-order valence-electron chi connectivity index (χ3n) is 5.46. The zero-order valence-corrected chi connectivity index (χ0v) is 17.3. The van der Waals surface area contributed by atoms with Gasteiger partial charge in [-0.25, -0.2) is 0 Å². The van der Waals surface area contributed by atoms with E-state index in [1.165, 1.54) is 24.2 Å². The van der Waals surface area contributed by atoms with Crippen molar-refractivity contribution in [2.75, 3.05) is 38.1 Å². The van der Waals surface area contributed by atoms with E-state index in [0.717, 1.165) is 36.7 Å². The number of rotatable bonds is 5. The van der Waals surface area contributed by atoms with E-state index < -0.39 is 0 Å². The molecule has 150 valence electrons. The molecule has 0 radical (unpaired) electrons. The third-order valence-corrected chi connectivity index (χ3v) is 5.46. The Morgan fingerprint density at radius 2 is 1.76 bits per heavy atom. The maximum atomic E-state index is 4.38. The Balaban J connectivity index is 1.37. The maximum absolute atomic E-state index is 4.38. The van der Waals surface area contributed by atoms with Crippen LogP contribution in [-0.2, 0) is 7.05 Å². The van der Waals surface area contributed by atoms with Crippen LogP contribution in [0.2, 0.25) is 0 Å². The number of aromatic nitrogens is 3. The van der Waals surface area contributed by atoms with Gasteiger partial charge in [-0.15, -0.1) is 0 Å². The lowest BCUT2D eigenvalue weighted by molar-refractivity contribution is 0.360. The fourth-order valence-corrected chi connectivity index (χ4v) is 3.63. The van der Waals surface area contributed by atoms with E-state index in [-0.39, 0.29) is 0 Å². The summed E-state index contributed by atoms with van der Waals surface area (Å²) in [6, 6.07) is 15.0. The first kappa shape index (κ1) is 19.3. The van der Waals surface area contributed by atoms with E-state index in [4.69, 9.17) is 0 Å². The molecule has 1 aromatic carbocycles. The van der Waals surface area contributed by atoms with Crippen molar-refractivity contribution in [1.29, 1.82) is 0 Å². The van der Waals surface area contributed by atoms with E-state index in [1.54, 1.807) is 0 Å². The van der Waals surface area contributed by atoms with Crippen molar-refractivity contribution in [2.24, 2.45) is 7.05 Å². The van der Waals surface area contributed by atoms with Crippen molar-refractivity contribution >= 4 is 30.0 Å². The topological polar surface area (TPSA) is 40.1 Å². The van der Waals surface area contributed by atoms with Gasteiger partial charge >= 0.3 is 0 Å². The molecule has 1 aliphatic rings. The molecule has 0 unspecified atom stereocenters. The number of nitrogens with zero attached hydrogens (tertiary/aromatic N) is 4. The molecule has 1 aliphatic heterocycles. The highest BCUT2D eigenvalue weighted by Crippen LogP contribution is 2.18. The van der Waals surface area contributed by atoms with Crippen LogP contribution in [0.3, 0.4) is 0 Å². The molecule has 0 bridgehead atoms. The Labute approximate surface area is 173 Å². The van der Waals surface area contributed by atoms with Crippen molar-refractivity contribution in [3.63, 3.8) is 0 Å². The summed E-state index contributed by atoms with van der Waals surface area (Å²) in [6.07, 6.45) is 11.6. The van der Waals surface area contributed by atoms with Gasteiger partial charge in [-0.05, 0) is 74.1 Å². The largest absolute Gasteiger partial charge is 0.370 e. The smallest absolute Gasteiger partial charge is 0.0854 e. The summed E-state index contributed by atoms with van der Waals surface area (Å²) in [5.41, 5.74) is 5.58. The molecule has 0 aliphatic carbocycles. The van der Waals surface area contributed by atoms with Crippen LogP contribution in [0.4, 0.5) is 5.69 Å². The zero-order chi connectivity index (χ0) is 20.1. The van der Waals surface area contributed by atoms with Gasteiger partial charge in [-0.1, -0.05) is 18.2 Å². The van der Waals surface area contributed by atoms with Crippen LogP contribution in [-0.4, -0.2) is 52.9 Å². The number of hydrogen-bond donors (Lipinski definition) is 1. The van der Waals surface area contributed by atoms with E-state index in [2.05, 4.69) is 80.2 Å². The Bertz CT molecular complexity index is 977. The number of aryl methyl sites for hydroxylation is 1. The summed E-state index contributed by atoms with van der Waals surface area (Å²) in [5, 5.41) is 7.46. The second-order valence-electron chi connectivity index (χ2n) is 7.69. The Morgan fingerprint density at radius 3 is 2.55 bits per heavy atom. The van der Waals surface area contributed by atoms with Gasteiger partial charge in [-0.2, -0.15) is 5.10 Å². The summed E-state index contributed by atoms with van der Waals surface area (Å²) < 4.78 is 2.08. The molecule has 0 saturated carbocycles. The molecule has 4 rings (SSSR count). The number of nitrogens with one attached hydrogen (secondary N) is 1. The maximum Gasteiger partial charge on any atom is 0.0854 e. The first-order chi connectivity index (χ1) is 14.2. The molecule has 1 saturated heterocycles. The first-order valence-electron chi connectivity index (χ1n) is 10.2. The van der Waals surface area contributed by atoms with E-state index in [1.807, 2.05) is 31.5 Å². The third kappa shape index (κ3) is 5.06. The predicted molar refractivity (Wildman–Crippen MR) is 123 cm³/mol. The number of benzene rings is 1. The Hall–Kier alpha value is -3.05. The van der Waals surface area contributed by atoms with Gasteiger partial charge in [0, 0.05) is 44.3 Å². The number of likely N-dealkylation sites (N-methyl/N-ethyl adjacent to an activating group) is 1. The molecule has 0 atom stereocenters. The number of hydrogen-bond acceptors (Lipinski definition) is 3. The number of H-pyrrole nitrogens is 1. The SMILES string of the molecule is CN1CCCN(c2ccc(C=Cc3cc(/C=C/c4cccn4C)[nH]n3)cc2)CC1. The van der Waals surface area contributed by atoms with Gasteiger partial charge in [0.1, 0.15) is 0 Å². The van der Waals surface area contributed by atoms with Gasteiger partial charge in [0.2, 0.25) is 0 Å². The second-order valence-corrected chi connectivity index (χ2v) is 7.69. The van der Waals surface area contributed by atoms with E-state index in [0.29, 0.717) is 0 Å². The minimum absolute atomic E-state index is 0.927. The standard InChI is InChI=1S/C24H29N5/c1-27-14-4-16-29(18-17-27)24-11-7-20(8-12-24)6-9-21-19-22(26-25-21)10-13-23-5-3-15-28(23)2/h3,5-13,15,19H,4,14,16-18H2,1-2H3,(H,25,26)/b9-6?,13-10+. The Morgan fingerprint density at radius 1 is 0.897 bits per heavy atom. The molecule has 0 amide bonds. The number of aromatic amines is 1. The predicted octanol–water partition coefficient (Wildman–Crippen LogP) is 4.23. The van der Waals surface area contributed by atoms with Gasteiger partial charge in [0.05, 0.1) is 11.4 Å². The molecule has 3 heterocycles. The fraction of sp³-hybridized carbons (Fsp3) is 0.292. The lowest BCUT2D eigenvalue weighted by Crippen LogP contribution is -2.28. The van der Waals surface area contributed by atoms with Crippen LogP contribution >= 0.6 is 0 Å². The molecule has 2 aromatic heterocycles. The molecule has 0 spiro atoms. The average molecular weight is 388 g/mol. The van der Waals surface area contributed by atoms with Crippen LogP contribution in [0.15, 0.2) is 48.7 Å². The van der Waals surface area contributed by atoms with Crippen molar-refractivity contribution in [3.05, 3.63) is 71.3 Å². The molecule has 3 aromatic rings. The van der Waals surface area contributed by atoms with Gasteiger partial charge in [-0.3, -0.25) is 5.10 Å². The molecular formula is C24H29N5. The molecule has 1 fully saturated rings. The van der Waals surface area contributed by atoms with E-state index in [9.17, 15) is 0 Å². The van der Waals surface area contributed by atoms with Crippen molar-refractivity contribution < 1.29 is 0 Å². The molecular weight excluding hydrogens is 358 g/mol. The van der Waals surface area contributed by atoms with Gasteiger partial charge in [0.25, 0.3) is 0 Å². The Kier molecular flexibility index (Phi) is 5.96. The highest BCUT2D eigenvalue weighted by molar-refractivity contribution is 5.72.